The lowest BCUT2D eigenvalue weighted by Gasteiger charge is -1.89. The number of rotatable bonds is 2. The molecule has 0 aromatic carbocycles. The predicted molar refractivity (Wildman–Crippen MR) is 24.7 cm³/mol. The molecule has 0 aromatic rings. The number of nitrogens with one attached hydrogen (secondary N) is 1. The van der Waals surface area contributed by atoms with Crippen LogP contribution in [-0.2, 0) is 10.3 Å². The van der Waals surface area contributed by atoms with Gasteiger partial charge in [0.1, 0.15) is 0 Å². The van der Waals surface area contributed by atoms with Crippen LogP contribution in [0.3, 0.4) is 0 Å². The molecule has 0 spiro atoms. The summed E-state index contributed by atoms with van der Waals surface area (Å²) >= 11 is 0. The first-order valence-electron chi connectivity index (χ1n) is 1.59. The smallest absolute Gasteiger partial charge is 0.273 e. The molecule has 2 N–H and O–H groups in total. The van der Waals surface area contributed by atoms with Gasteiger partial charge in [-0.2, -0.15) is 13.1 Å². The molecule has 0 heterocycles. The van der Waals surface area contributed by atoms with Gasteiger partial charge < -0.3 is 0 Å². The van der Waals surface area contributed by atoms with Gasteiger partial charge in [0.2, 0.25) is 0 Å². The molecule has 0 amide bonds. The van der Waals surface area contributed by atoms with Crippen LogP contribution in [0.15, 0.2) is 0 Å². The maximum Gasteiger partial charge on any atom is 0.333 e. The van der Waals surface area contributed by atoms with Gasteiger partial charge in [0.15, 0.2) is 0 Å². The Morgan fingerprint density at radius 1 is 1.71 bits per heavy atom. The Hall–Kier alpha value is -0.130. The predicted octanol–water partition coefficient (Wildman–Crippen LogP) is -0.440. The van der Waals surface area contributed by atoms with E-state index in [1.54, 1.807) is 4.72 Å². The highest BCUT2D eigenvalue weighted by molar-refractivity contribution is 7.83. The third-order valence-corrected chi connectivity index (χ3v) is 0.800. The van der Waals surface area contributed by atoms with Crippen molar-refractivity contribution in [2.45, 2.75) is 6.92 Å². The van der Waals surface area contributed by atoms with E-state index >= 15 is 0 Å². The van der Waals surface area contributed by atoms with Crippen molar-refractivity contribution in [3.63, 3.8) is 0 Å². The molecule has 0 aliphatic heterocycles. The van der Waals surface area contributed by atoms with Crippen LogP contribution in [0, 0.1) is 6.54 Å². The SMILES string of the molecule is C[CH]NS(=O)(=O)O. The lowest BCUT2D eigenvalue weighted by molar-refractivity contribution is 0.473. The summed E-state index contributed by atoms with van der Waals surface area (Å²) in [5, 5.41) is 0. The van der Waals surface area contributed by atoms with Crippen molar-refractivity contribution in [1.29, 1.82) is 0 Å². The Labute approximate surface area is 42.4 Å². The Morgan fingerprint density at radius 3 is 2.14 bits per heavy atom. The largest absolute Gasteiger partial charge is 0.333 e. The minimum absolute atomic E-state index is 1.12. The van der Waals surface area contributed by atoms with Crippen molar-refractivity contribution in [2.24, 2.45) is 0 Å². The Bertz CT molecular complexity index is 126. The van der Waals surface area contributed by atoms with E-state index in [2.05, 4.69) is 0 Å². The van der Waals surface area contributed by atoms with Crippen LogP contribution >= 0.6 is 0 Å². The molecule has 5 heteroatoms. The molecule has 0 aliphatic rings. The normalized spacial score (nSPS) is 11.7. The van der Waals surface area contributed by atoms with Gasteiger partial charge in [-0.1, -0.05) is 0 Å². The highest BCUT2D eigenvalue weighted by atomic mass is 32.2. The quantitative estimate of drug-likeness (QED) is 0.490. The zero-order valence-corrected chi connectivity index (χ0v) is 4.57. The van der Waals surface area contributed by atoms with Crippen LogP contribution in [0.2, 0.25) is 0 Å². The summed E-state index contributed by atoms with van der Waals surface area (Å²) in [6, 6.07) is 0. The van der Waals surface area contributed by atoms with Gasteiger partial charge >= 0.3 is 10.3 Å². The van der Waals surface area contributed by atoms with E-state index in [9.17, 15) is 8.42 Å². The average Bonchev–Trinajstić information content (AvgIpc) is 1.30. The monoisotopic (exact) mass is 124 g/mol. The molecule has 0 unspecified atom stereocenters. The zero-order valence-electron chi connectivity index (χ0n) is 3.75. The first-order chi connectivity index (χ1) is 3.06. The number of hydrogen-bond donors (Lipinski definition) is 2. The van der Waals surface area contributed by atoms with Crippen molar-refractivity contribution in [1.82, 2.24) is 4.72 Å². The highest BCUT2D eigenvalue weighted by Crippen LogP contribution is 1.71. The van der Waals surface area contributed by atoms with Gasteiger partial charge in [-0.3, -0.25) is 4.55 Å². The fourth-order valence-corrected chi connectivity index (χ4v) is 0.447. The van der Waals surface area contributed by atoms with Crippen LogP contribution in [-0.4, -0.2) is 13.0 Å². The lowest BCUT2D eigenvalue weighted by Crippen LogP contribution is -2.17. The van der Waals surface area contributed by atoms with Crippen LogP contribution < -0.4 is 4.72 Å². The van der Waals surface area contributed by atoms with Crippen molar-refractivity contribution >= 4 is 10.3 Å². The van der Waals surface area contributed by atoms with Gasteiger partial charge in [-0.05, 0) is 6.92 Å². The molecule has 0 rings (SSSR count). The fraction of sp³-hybridized carbons (Fsp3) is 0.500. The van der Waals surface area contributed by atoms with Gasteiger partial charge in [0, 0.05) is 6.54 Å². The van der Waals surface area contributed by atoms with Gasteiger partial charge in [-0.15, -0.1) is 0 Å². The topological polar surface area (TPSA) is 66.4 Å². The van der Waals surface area contributed by atoms with Gasteiger partial charge in [0.05, 0.1) is 0 Å². The first kappa shape index (κ1) is 6.87. The molecular formula is C2H6NO3S. The first-order valence-corrected chi connectivity index (χ1v) is 3.03. The standard InChI is InChI=1S/C2H6NO3S/c1-2-3-7(4,5)6/h2-3H,1H3,(H,4,5,6). The summed E-state index contributed by atoms with van der Waals surface area (Å²) in [4.78, 5) is 0. The van der Waals surface area contributed by atoms with Crippen molar-refractivity contribution in [2.75, 3.05) is 0 Å². The third-order valence-electron chi connectivity index (χ3n) is 0.267. The second-order valence-electron chi connectivity index (χ2n) is 0.882. The average molecular weight is 124 g/mol. The maximum atomic E-state index is 9.64. The van der Waals surface area contributed by atoms with Gasteiger partial charge in [-0.25, -0.2) is 0 Å². The van der Waals surface area contributed by atoms with E-state index in [-0.39, 0.29) is 0 Å². The van der Waals surface area contributed by atoms with Crippen LogP contribution in [0.25, 0.3) is 0 Å². The zero-order chi connectivity index (χ0) is 5.91. The molecule has 0 bridgehead atoms. The molecule has 4 nitrogen and oxygen atoms in total. The summed E-state index contributed by atoms with van der Waals surface area (Å²) in [5.74, 6) is 0. The molecule has 43 valence electrons. The second kappa shape index (κ2) is 2.25. The second-order valence-corrected chi connectivity index (χ2v) is 2.07. The van der Waals surface area contributed by atoms with E-state index in [0.29, 0.717) is 0 Å². The van der Waals surface area contributed by atoms with E-state index in [1.165, 1.54) is 6.92 Å². The van der Waals surface area contributed by atoms with E-state index in [0.717, 1.165) is 6.54 Å². The summed E-state index contributed by atoms with van der Waals surface area (Å²) in [6.45, 7) is 2.57. The maximum absolute atomic E-state index is 9.64. The molecule has 0 aliphatic carbocycles. The molecule has 7 heavy (non-hydrogen) atoms. The summed E-state index contributed by atoms with van der Waals surface area (Å²) in [7, 11) is -3.98. The Morgan fingerprint density at radius 2 is 2.14 bits per heavy atom. The van der Waals surface area contributed by atoms with Gasteiger partial charge in [0.25, 0.3) is 0 Å². The number of hydrogen-bond acceptors (Lipinski definition) is 2. The third kappa shape index (κ3) is 5.87. The summed E-state index contributed by atoms with van der Waals surface area (Å²) in [5.41, 5.74) is 0. The Balaban J connectivity index is 3.60. The summed E-state index contributed by atoms with van der Waals surface area (Å²) in [6.07, 6.45) is 0. The van der Waals surface area contributed by atoms with E-state index in [1.807, 2.05) is 0 Å². The van der Waals surface area contributed by atoms with Crippen molar-refractivity contribution in [3.8, 4) is 0 Å². The Kier molecular flexibility index (Phi) is 2.21. The molecular weight excluding hydrogens is 118 g/mol. The van der Waals surface area contributed by atoms with Crippen LogP contribution in [0.4, 0.5) is 0 Å². The van der Waals surface area contributed by atoms with Crippen molar-refractivity contribution < 1.29 is 13.0 Å². The molecule has 0 saturated carbocycles. The molecule has 0 saturated heterocycles. The van der Waals surface area contributed by atoms with Crippen LogP contribution in [0.1, 0.15) is 6.92 Å². The van der Waals surface area contributed by atoms with Crippen molar-refractivity contribution in [3.05, 3.63) is 6.54 Å². The molecule has 1 radical (unpaired) electrons. The molecule has 0 aromatic heterocycles. The molecule has 0 atom stereocenters. The lowest BCUT2D eigenvalue weighted by atomic mass is 10.8. The fourth-order valence-electron chi connectivity index (χ4n) is 0.149. The molecule has 0 fully saturated rings. The highest BCUT2D eigenvalue weighted by Gasteiger charge is 1.95. The minimum atomic E-state index is -3.98. The van der Waals surface area contributed by atoms with E-state index < -0.39 is 10.3 Å². The van der Waals surface area contributed by atoms with Crippen LogP contribution in [0.5, 0.6) is 0 Å². The minimum Gasteiger partial charge on any atom is -0.273 e. The summed E-state index contributed by atoms with van der Waals surface area (Å²) < 4.78 is 28.8. The van der Waals surface area contributed by atoms with E-state index in [4.69, 9.17) is 4.55 Å².